The number of benzene rings is 1. The molecule has 0 aliphatic carbocycles. The molecule has 0 aliphatic rings. The van der Waals surface area contributed by atoms with Gasteiger partial charge in [-0.15, -0.1) is 0 Å². The molecule has 0 saturated carbocycles. The van der Waals surface area contributed by atoms with E-state index in [0.717, 1.165) is 12.3 Å². The smallest absolute Gasteiger partial charge is 0.422 e. The van der Waals surface area contributed by atoms with Crippen LogP contribution in [0.2, 0.25) is 0 Å². The van der Waals surface area contributed by atoms with Crippen molar-refractivity contribution in [1.29, 1.82) is 0 Å². The third-order valence-electron chi connectivity index (χ3n) is 3.20. The second kappa shape index (κ2) is 8.32. The molecule has 1 aromatic carbocycles. The van der Waals surface area contributed by atoms with E-state index in [0.29, 0.717) is 5.69 Å². The molecule has 9 heteroatoms. The third kappa shape index (κ3) is 5.76. The summed E-state index contributed by atoms with van der Waals surface area (Å²) in [6.45, 7) is -1.97. The summed E-state index contributed by atoms with van der Waals surface area (Å²) in [4.78, 5) is 28.8. The molecule has 0 fully saturated rings. The van der Waals surface area contributed by atoms with Crippen LogP contribution in [-0.2, 0) is 9.53 Å². The summed E-state index contributed by atoms with van der Waals surface area (Å²) in [6, 6.07) is 11.1. The topological polar surface area (TPSA) is 68.7 Å². The Bertz CT molecular complexity index is 749. The summed E-state index contributed by atoms with van der Waals surface area (Å²) in [6.07, 6.45) is -3.47. The highest BCUT2D eigenvalue weighted by molar-refractivity contribution is 5.96. The van der Waals surface area contributed by atoms with E-state index >= 15 is 0 Å². The normalized spacial score (nSPS) is 10.9. The molecule has 0 N–H and O–H groups in total. The monoisotopic (exact) mass is 368 g/mol. The average molecular weight is 368 g/mol. The van der Waals surface area contributed by atoms with Crippen molar-refractivity contribution < 1.29 is 32.2 Å². The van der Waals surface area contributed by atoms with Crippen LogP contribution in [0.3, 0.4) is 0 Å². The predicted octanol–water partition coefficient (Wildman–Crippen LogP) is 2.84. The highest BCUT2D eigenvalue weighted by atomic mass is 19.4. The molecule has 138 valence electrons. The van der Waals surface area contributed by atoms with Crippen LogP contribution in [0, 0.1) is 0 Å². The van der Waals surface area contributed by atoms with Crippen LogP contribution in [0.4, 0.5) is 18.9 Å². The molecule has 0 unspecified atom stereocenters. The first-order chi connectivity index (χ1) is 12.3. The number of pyridine rings is 1. The number of amides is 1. The van der Waals surface area contributed by atoms with E-state index in [1.54, 1.807) is 37.4 Å². The Morgan fingerprint density at radius 1 is 1.12 bits per heavy atom. The molecular formula is C17H15F3N2O4. The van der Waals surface area contributed by atoms with Gasteiger partial charge in [0.05, 0.1) is 5.56 Å². The maximum atomic E-state index is 12.0. The zero-order valence-electron chi connectivity index (χ0n) is 13.7. The Kier molecular flexibility index (Phi) is 6.16. The molecular weight excluding hydrogens is 353 g/mol. The number of ether oxygens (including phenoxy) is 2. The second-order valence-corrected chi connectivity index (χ2v) is 5.15. The number of para-hydroxylation sites is 1. The quantitative estimate of drug-likeness (QED) is 0.734. The number of aromatic nitrogens is 1. The highest BCUT2D eigenvalue weighted by Crippen LogP contribution is 2.17. The van der Waals surface area contributed by atoms with E-state index in [2.05, 4.69) is 9.72 Å². The van der Waals surface area contributed by atoms with Gasteiger partial charge in [0, 0.05) is 25.0 Å². The Balaban J connectivity index is 1.86. The number of likely N-dealkylation sites (N-methyl/N-ethyl adjacent to an activating group) is 1. The molecule has 0 atom stereocenters. The molecule has 0 radical (unpaired) electrons. The fourth-order valence-electron chi connectivity index (χ4n) is 1.85. The lowest BCUT2D eigenvalue weighted by Gasteiger charge is -2.17. The number of esters is 1. The van der Waals surface area contributed by atoms with Crippen molar-refractivity contribution >= 4 is 17.6 Å². The predicted molar refractivity (Wildman–Crippen MR) is 85.9 cm³/mol. The molecule has 2 rings (SSSR count). The number of rotatable bonds is 6. The fraction of sp³-hybridized carbons (Fsp3) is 0.235. The molecule has 2 aromatic rings. The van der Waals surface area contributed by atoms with Gasteiger partial charge in [-0.25, -0.2) is 9.78 Å². The first-order valence-corrected chi connectivity index (χ1v) is 7.40. The van der Waals surface area contributed by atoms with Gasteiger partial charge in [-0.3, -0.25) is 4.79 Å². The molecule has 26 heavy (non-hydrogen) atoms. The number of halogens is 3. The minimum atomic E-state index is -4.48. The summed E-state index contributed by atoms with van der Waals surface area (Å²) < 4.78 is 45.5. The second-order valence-electron chi connectivity index (χ2n) is 5.15. The molecule has 1 amide bonds. The van der Waals surface area contributed by atoms with Gasteiger partial charge < -0.3 is 14.4 Å². The summed E-state index contributed by atoms with van der Waals surface area (Å²) in [7, 11) is 1.54. The van der Waals surface area contributed by atoms with Crippen molar-refractivity contribution in [2.75, 3.05) is 25.2 Å². The minimum absolute atomic E-state index is 0.0143. The zero-order valence-corrected chi connectivity index (χ0v) is 13.7. The van der Waals surface area contributed by atoms with Gasteiger partial charge in [-0.05, 0) is 18.2 Å². The third-order valence-corrected chi connectivity index (χ3v) is 3.20. The summed E-state index contributed by atoms with van der Waals surface area (Å²) in [5.74, 6) is -1.55. The number of carbonyl (C=O) groups is 2. The number of hydrogen-bond acceptors (Lipinski definition) is 5. The van der Waals surface area contributed by atoms with Crippen LogP contribution < -0.4 is 9.64 Å². The molecule has 1 heterocycles. The Morgan fingerprint density at radius 3 is 2.38 bits per heavy atom. The number of nitrogens with zero attached hydrogens (tertiary/aromatic N) is 2. The van der Waals surface area contributed by atoms with Crippen LogP contribution in [0.15, 0.2) is 48.7 Å². The SMILES string of the molecule is CN(C(=O)COC(=O)c1ccc(OCC(F)(F)F)nc1)c1ccccc1. The van der Waals surface area contributed by atoms with E-state index in [1.165, 1.54) is 11.0 Å². The zero-order chi connectivity index (χ0) is 19.2. The van der Waals surface area contributed by atoms with Crippen molar-refractivity contribution in [2.45, 2.75) is 6.18 Å². The van der Waals surface area contributed by atoms with E-state index < -0.39 is 31.3 Å². The van der Waals surface area contributed by atoms with Crippen LogP contribution in [-0.4, -0.2) is 43.3 Å². The van der Waals surface area contributed by atoms with Gasteiger partial charge in [0.15, 0.2) is 13.2 Å². The maximum absolute atomic E-state index is 12.0. The van der Waals surface area contributed by atoms with E-state index in [4.69, 9.17) is 4.74 Å². The minimum Gasteiger partial charge on any atom is -0.468 e. The standard InChI is InChI=1S/C17H15F3N2O4/c1-22(13-5-3-2-4-6-13)15(23)10-25-16(24)12-7-8-14(21-9-12)26-11-17(18,19)20/h2-9H,10-11H2,1H3. The summed E-state index contributed by atoms with van der Waals surface area (Å²) in [5, 5.41) is 0. The Labute approximate surface area is 147 Å². The van der Waals surface area contributed by atoms with Gasteiger partial charge in [-0.2, -0.15) is 13.2 Å². The lowest BCUT2D eigenvalue weighted by molar-refractivity contribution is -0.154. The maximum Gasteiger partial charge on any atom is 0.422 e. The largest absolute Gasteiger partial charge is 0.468 e. The molecule has 1 aromatic heterocycles. The van der Waals surface area contributed by atoms with Gasteiger partial charge in [0.1, 0.15) is 0 Å². The van der Waals surface area contributed by atoms with Crippen molar-refractivity contribution in [2.24, 2.45) is 0 Å². The van der Waals surface area contributed by atoms with Crippen molar-refractivity contribution in [3.05, 3.63) is 54.2 Å². The van der Waals surface area contributed by atoms with Gasteiger partial charge in [0.2, 0.25) is 5.88 Å². The summed E-state index contributed by atoms with van der Waals surface area (Å²) in [5.41, 5.74) is 0.626. The Hall–Kier alpha value is -3.10. The fourth-order valence-corrected chi connectivity index (χ4v) is 1.85. The number of carbonyl (C=O) groups excluding carboxylic acids is 2. The lowest BCUT2D eigenvalue weighted by atomic mass is 10.3. The van der Waals surface area contributed by atoms with Crippen LogP contribution >= 0.6 is 0 Å². The van der Waals surface area contributed by atoms with Gasteiger partial charge in [0.25, 0.3) is 5.91 Å². The molecule has 0 aliphatic heterocycles. The molecule has 0 bridgehead atoms. The van der Waals surface area contributed by atoms with E-state index in [1.807, 2.05) is 0 Å². The van der Waals surface area contributed by atoms with E-state index in [9.17, 15) is 22.8 Å². The first kappa shape index (κ1) is 19.2. The first-order valence-electron chi connectivity index (χ1n) is 7.40. The van der Waals surface area contributed by atoms with Gasteiger partial charge >= 0.3 is 12.1 Å². The number of hydrogen-bond donors (Lipinski definition) is 0. The van der Waals surface area contributed by atoms with Crippen LogP contribution in [0.5, 0.6) is 5.88 Å². The molecule has 0 spiro atoms. The number of anilines is 1. The van der Waals surface area contributed by atoms with Crippen LogP contribution in [0.25, 0.3) is 0 Å². The molecule has 0 saturated heterocycles. The van der Waals surface area contributed by atoms with Crippen molar-refractivity contribution in [3.8, 4) is 5.88 Å². The van der Waals surface area contributed by atoms with Crippen LogP contribution in [0.1, 0.15) is 10.4 Å². The van der Waals surface area contributed by atoms with Crippen molar-refractivity contribution in [3.63, 3.8) is 0 Å². The average Bonchev–Trinajstić information content (AvgIpc) is 2.64. The van der Waals surface area contributed by atoms with Crippen molar-refractivity contribution in [1.82, 2.24) is 4.98 Å². The molecule has 6 nitrogen and oxygen atoms in total. The lowest BCUT2D eigenvalue weighted by Crippen LogP contribution is -2.31. The highest BCUT2D eigenvalue weighted by Gasteiger charge is 2.28. The number of alkyl halides is 3. The summed E-state index contributed by atoms with van der Waals surface area (Å²) >= 11 is 0. The Morgan fingerprint density at radius 2 is 1.81 bits per heavy atom. The van der Waals surface area contributed by atoms with Gasteiger partial charge in [-0.1, -0.05) is 18.2 Å². The van der Waals surface area contributed by atoms with E-state index in [-0.39, 0.29) is 11.4 Å².